The minimum atomic E-state index is -0.775. The lowest BCUT2D eigenvalue weighted by Crippen LogP contribution is -2.37. The molecule has 2 rings (SSSR count). The predicted octanol–water partition coefficient (Wildman–Crippen LogP) is 2.40. The molecule has 0 saturated heterocycles. The van der Waals surface area contributed by atoms with E-state index in [0.717, 1.165) is 11.3 Å². The number of hydrogen-bond acceptors (Lipinski definition) is 3. The summed E-state index contributed by atoms with van der Waals surface area (Å²) in [6.07, 6.45) is 2.00. The maximum atomic E-state index is 9.67. The molecule has 2 aromatic rings. The molecule has 96 valence electrons. The lowest BCUT2D eigenvalue weighted by Gasteiger charge is -2.29. The highest BCUT2D eigenvalue weighted by Crippen LogP contribution is 2.29. The number of aliphatic hydroxyl groups is 2. The van der Waals surface area contributed by atoms with E-state index in [4.69, 9.17) is 16.0 Å². The van der Waals surface area contributed by atoms with Gasteiger partial charge in [-0.15, -0.1) is 0 Å². The summed E-state index contributed by atoms with van der Waals surface area (Å²) >= 11 is 5.96. The van der Waals surface area contributed by atoms with Gasteiger partial charge in [-0.3, -0.25) is 0 Å². The van der Waals surface area contributed by atoms with E-state index in [-0.39, 0.29) is 13.2 Å². The smallest absolute Gasteiger partial charge is 0.104 e. The van der Waals surface area contributed by atoms with E-state index in [2.05, 4.69) is 0 Å². The van der Waals surface area contributed by atoms with Crippen LogP contribution in [0.3, 0.4) is 0 Å². The van der Waals surface area contributed by atoms with Crippen molar-refractivity contribution in [3.63, 3.8) is 0 Å². The first-order valence-corrected chi connectivity index (χ1v) is 6.08. The van der Waals surface area contributed by atoms with Crippen molar-refractivity contribution in [1.82, 2.24) is 0 Å². The highest BCUT2D eigenvalue weighted by molar-refractivity contribution is 6.30. The quantitative estimate of drug-likeness (QED) is 0.874. The summed E-state index contributed by atoms with van der Waals surface area (Å²) in [6, 6.07) is 10.8. The topological polar surface area (TPSA) is 53.6 Å². The maximum absolute atomic E-state index is 9.67. The molecule has 18 heavy (non-hydrogen) atoms. The van der Waals surface area contributed by atoms with E-state index in [1.54, 1.807) is 30.5 Å². The van der Waals surface area contributed by atoms with Crippen LogP contribution in [0.1, 0.15) is 11.3 Å². The molecule has 1 heterocycles. The predicted molar refractivity (Wildman–Crippen MR) is 69.7 cm³/mol. The number of furan rings is 1. The second-order valence-corrected chi connectivity index (χ2v) is 4.80. The third kappa shape index (κ3) is 2.58. The van der Waals surface area contributed by atoms with Crippen LogP contribution in [0.4, 0.5) is 0 Å². The Morgan fingerprint density at radius 3 is 2.44 bits per heavy atom. The number of aliphatic hydroxyl groups excluding tert-OH is 2. The monoisotopic (exact) mass is 266 g/mol. The Kier molecular flexibility index (Phi) is 4.07. The van der Waals surface area contributed by atoms with Gasteiger partial charge >= 0.3 is 0 Å². The largest absolute Gasteiger partial charge is 0.469 e. The SMILES string of the molecule is OCC(CO)(Cc1ccco1)c1cccc(Cl)c1. The molecule has 0 aliphatic heterocycles. The van der Waals surface area contributed by atoms with Crippen LogP contribution in [-0.2, 0) is 11.8 Å². The van der Waals surface area contributed by atoms with E-state index < -0.39 is 5.41 Å². The first-order chi connectivity index (χ1) is 8.70. The van der Waals surface area contributed by atoms with Crippen molar-refractivity contribution in [2.45, 2.75) is 11.8 Å². The highest BCUT2D eigenvalue weighted by atomic mass is 35.5. The van der Waals surface area contributed by atoms with Gasteiger partial charge < -0.3 is 14.6 Å². The van der Waals surface area contributed by atoms with Crippen molar-refractivity contribution in [3.05, 3.63) is 59.0 Å². The molecule has 0 aliphatic rings. The number of halogens is 1. The van der Waals surface area contributed by atoms with Crippen molar-refractivity contribution < 1.29 is 14.6 Å². The minimum Gasteiger partial charge on any atom is -0.469 e. The van der Waals surface area contributed by atoms with Crippen LogP contribution in [0.15, 0.2) is 47.1 Å². The third-order valence-corrected chi connectivity index (χ3v) is 3.37. The summed E-state index contributed by atoms with van der Waals surface area (Å²) in [6.45, 7) is -0.352. The van der Waals surface area contributed by atoms with Crippen molar-refractivity contribution >= 4 is 11.6 Å². The number of rotatable bonds is 5. The molecule has 4 heteroatoms. The summed E-state index contributed by atoms with van der Waals surface area (Å²) in [7, 11) is 0. The molecule has 0 fully saturated rings. The second kappa shape index (κ2) is 5.57. The van der Waals surface area contributed by atoms with Crippen LogP contribution >= 0.6 is 11.6 Å². The first-order valence-electron chi connectivity index (χ1n) is 5.70. The van der Waals surface area contributed by atoms with E-state index in [1.807, 2.05) is 12.1 Å². The lowest BCUT2D eigenvalue weighted by molar-refractivity contribution is 0.112. The van der Waals surface area contributed by atoms with Gasteiger partial charge in [0.2, 0.25) is 0 Å². The Balaban J connectivity index is 2.37. The minimum absolute atomic E-state index is 0.176. The molecule has 0 spiro atoms. The molecule has 2 N–H and O–H groups in total. The van der Waals surface area contributed by atoms with E-state index in [1.165, 1.54) is 0 Å². The van der Waals surface area contributed by atoms with Gasteiger partial charge in [0, 0.05) is 16.9 Å². The van der Waals surface area contributed by atoms with Gasteiger partial charge in [0.15, 0.2) is 0 Å². The molecule has 0 bridgehead atoms. The zero-order valence-electron chi connectivity index (χ0n) is 9.84. The zero-order chi connectivity index (χ0) is 13.0. The van der Waals surface area contributed by atoms with Crippen molar-refractivity contribution in [3.8, 4) is 0 Å². The molecule has 0 aliphatic carbocycles. The Labute approximate surface area is 111 Å². The average molecular weight is 267 g/mol. The van der Waals surface area contributed by atoms with Crippen molar-refractivity contribution in [2.75, 3.05) is 13.2 Å². The van der Waals surface area contributed by atoms with Gasteiger partial charge in [-0.25, -0.2) is 0 Å². The third-order valence-electron chi connectivity index (χ3n) is 3.14. The van der Waals surface area contributed by atoms with Gasteiger partial charge in [0.25, 0.3) is 0 Å². The molecule has 0 saturated carbocycles. The van der Waals surface area contributed by atoms with E-state index >= 15 is 0 Å². The summed E-state index contributed by atoms with van der Waals surface area (Å²) in [4.78, 5) is 0. The molecular weight excluding hydrogens is 252 g/mol. The normalized spacial score (nSPS) is 11.7. The summed E-state index contributed by atoms with van der Waals surface area (Å²) in [5, 5.41) is 19.9. The van der Waals surface area contributed by atoms with Gasteiger partial charge in [-0.05, 0) is 29.8 Å². The Morgan fingerprint density at radius 1 is 1.11 bits per heavy atom. The molecule has 3 nitrogen and oxygen atoms in total. The van der Waals surface area contributed by atoms with Crippen molar-refractivity contribution in [2.24, 2.45) is 0 Å². The summed E-state index contributed by atoms with van der Waals surface area (Å²) < 4.78 is 5.29. The van der Waals surface area contributed by atoms with Crippen LogP contribution < -0.4 is 0 Å². The standard InChI is InChI=1S/C14H15ClO3/c15-12-4-1-3-11(7-12)14(9-16,10-17)8-13-5-2-6-18-13/h1-7,16-17H,8-10H2. The van der Waals surface area contributed by atoms with Crippen LogP contribution in [0.2, 0.25) is 5.02 Å². The average Bonchev–Trinajstić information content (AvgIpc) is 2.89. The molecule has 1 aromatic heterocycles. The molecule has 0 unspecified atom stereocenters. The molecule has 1 aromatic carbocycles. The highest BCUT2D eigenvalue weighted by Gasteiger charge is 2.32. The molecular formula is C14H15ClO3. The number of hydrogen-bond donors (Lipinski definition) is 2. The van der Waals surface area contributed by atoms with Crippen LogP contribution in [-0.4, -0.2) is 23.4 Å². The maximum Gasteiger partial charge on any atom is 0.104 e. The van der Waals surface area contributed by atoms with Crippen LogP contribution in [0.5, 0.6) is 0 Å². The second-order valence-electron chi connectivity index (χ2n) is 4.36. The van der Waals surface area contributed by atoms with Gasteiger partial charge in [0.05, 0.1) is 19.5 Å². The molecule has 0 atom stereocenters. The van der Waals surface area contributed by atoms with Gasteiger partial charge in [0.1, 0.15) is 5.76 Å². The molecule has 0 amide bonds. The fourth-order valence-corrected chi connectivity index (χ4v) is 2.20. The summed E-state index contributed by atoms with van der Waals surface area (Å²) in [5.41, 5.74) is 0.0272. The van der Waals surface area contributed by atoms with Gasteiger partial charge in [-0.1, -0.05) is 23.7 Å². The van der Waals surface area contributed by atoms with Crippen molar-refractivity contribution in [1.29, 1.82) is 0 Å². The van der Waals surface area contributed by atoms with Crippen LogP contribution in [0.25, 0.3) is 0 Å². The Morgan fingerprint density at radius 2 is 1.89 bits per heavy atom. The summed E-state index contributed by atoms with van der Waals surface area (Å²) in [5.74, 6) is 0.720. The van der Waals surface area contributed by atoms with E-state index in [9.17, 15) is 10.2 Å². The van der Waals surface area contributed by atoms with E-state index in [0.29, 0.717) is 11.4 Å². The fourth-order valence-electron chi connectivity index (χ4n) is 2.01. The fraction of sp³-hybridized carbons (Fsp3) is 0.286. The number of benzene rings is 1. The van der Waals surface area contributed by atoms with Crippen LogP contribution in [0, 0.1) is 0 Å². The Hall–Kier alpha value is -1.29. The lowest BCUT2D eigenvalue weighted by atomic mass is 9.78. The first kappa shape index (κ1) is 13.1. The van der Waals surface area contributed by atoms with Gasteiger partial charge in [-0.2, -0.15) is 0 Å². The molecule has 0 radical (unpaired) electrons. The Bertz CT molecular complexity index is 490. The zero-order valence-corrected chi connectivity index (χ0v) is 10.6.